The zero-order valence-corrected chi connectivity index (χ0v) is 7.83. The number of aromatic nitrogens is 1. The number of nitro groups is 1. The van der Waals surface area contributed by atoms with Crippen molar-refractivity contribution in [3.63, 3.8) is 0 Å². The molecule has 5 heteroatoms. The van der Waals surface area contributed by atoms with Gasteiger partial charge in [0, 0.05) is 24.5 Å². The molecule has 2 N–H and O–H groups in total. The summed E-state index contributed by atoms with van der Waals surface area (Å²) in [7, 11) is 0. The molecule has 0 spiro atoms. The normalized spacial score (nSPS) is 8.80. The summed E-state index contributed by atoms with van der Waals surface area (Å²) >= 11 is 0. The quantitative estimate of drug-likeness (QED) is 0.555. The van der Waals surface area contributed by atoms with E-state index < -0.39 is 4.92 Å². The first-order valence-corrected chi connectivity index (χ1v) is 4.21. The third-order valence-corrected chi connectivity index (χ3v) is 1.56. The monoisotopic (exact) mass is 206 g/mol. The Morgan fingerprint density at radius 2 is 1.67 bits per heavy atom. The maximum Gasteiger partial charge on any atom is 0.269 e. The molecular weight excluding hydrogens is 196 g/mol. The van der Waals surface area contributed by atoms with E-state index in [0.717, 1.165) is 0 Å². The summed E-state index contributed by atoms with van der Waals surface area (Å²) in [4.78, 5) is 12.4. The highest BCUT2D eigenvalue weighted by Crippen LogP contribution is 2.14. The summed E-state index contributed by atoms with van der Waals surface area (Å²) in [5.41, 5.74) is -0.0159. The van der Waals surface area contributed by atoms with E-state index in [2.05, 4.69) is 4.98 Å². The second kappa shape index (κ2) is 5.43. The number of aromatic hydroxyl groups is 1. The molecule has 15 heavy (non-hydrogen) atoms. The van der Waals surface area contributed by atoms with Crippen molar-refractivity contribution in [3.05, 3.63) is 58.9 Å². The fraction of sp³-hybridized carbons (Fsp3) is 0. The van der Waals surface area contributed by atoms with Crippen molar-refractivity contribution in [1.29, 1.82) is 0 Å². The van der Waals surface area contributed by atoms with E-state index in [4.69, 9.17) is 5.11 Å². The van der Waals surface area contributed by atoms with Crippen molar-refractivity contribution in [2.45, 2.75) is 0 Å². The highest BCUT2D eigenvalue weighted by atomic mass is 16.6. The number of aromatic amines is 1. The van der Waals surface area contributed by atoms with Gasteiger partial charge in [0.05, 0.1) is 4.92 Å². The van der Waals surface area contributed by atoms with Crippen molar-refractivity contribution in [2.24, 2.45) is 0 Å². The first-order chi connectivity index (χ1) is 7.20. The number of hydrogen-bond acceptors (Lipinski definition) is 3. The first-order valence-electron chi connectivity index (χ1n) is 4.21. The average Bonchev–Trinajstić information content (AvgIpc) is 2.76. The van der Waals surface area contributed by atoms with Crippen molar-refractivity contribution < 1.29 is 10.0 Å². The van der Waals surface area contributed by atoms with Crippen LogP contribution in [-0.2, 0) is 0 Å². The molecule has 5 nitrogen and oxygen atoms in total. The average molecular weight is 206 g/mol. The molecule has 0 unspecified atom stereocenters. The number of non-ortho nitro benzene ring substituents is 1. The molecule has 0 aliphatic rings. The van der Waals surface area contributed by atoms with E-state index in [9.17, 15) is 10.1 Å². The highest BCUT2D eigenvalue weighted by molar-refractivity contribution is 5.34. The molecule has 0 atom stereocenters. The molecule has 0 saturated heterocycles. The van der Waals surface area contributed by atoms with Crippen LogP contribution < -0.4 is 0 Å². The molecule has 0 amide bonds. The smallest absolute Gasteiger partial charge is 0.269 e. The molecule has 0 aliphatic carbocycles. The SMILES string of the molecule is O=[N+]([O-])c1ccc(O)cc1.c1cc[nH]c1. The van der Waals surface area contributed by atoms with Gasteiger partial charge in [-0.1, -0.05) is 0 Å². The Bertz CT molecular complexity index is 378. The number of hydrogen-bond donors (Lipinski definition) is 2. The van der Waals surface area contributed by atoms with Gasteiger partial charge in [0.2, 0.25) is 0 Å². The van der Waals surface area contributed by atoms with Gasteiger partial charge in [0.25, 0.3) is 5.69 Å². The van der Waals surface area contributed by atoms with Crippen LogP contribution >= 0.6 is 0 Å². The van der Waals surface area contributed by atoms with Crippen LogP contribution in [0.1, 0.15) is 0 Å². The summed E-state index contributed by atoms with van der Waals surface area (Å²) in [6, 6.07) is 8.93. The Morgan fingerprint density at radius 3 is 2.00 bits per heavy atom. The van der Waals surface area contributed by atoms with Gasteiger partial charge in [-0.25, -0.2) is 0 Å². The van der Waals surface area contributed by atoms with Crippen LogP contribution in [0.5, 0.6) is 5.75 Å². The minimum atomic E-state index is -0.514. The number of phenols is 1. The molecule has 2 aromatic rings. The van der Waals surface area contributed by atoms with Crippen LogP contribution in [0.4, 0.5) is 5.69 Å². The lowest BCUT2D eigenvalue weighted by atomic mass is 10.3. The summed E-state index contributed by atoms with van der Waals surface area (Å²) in [5, 5.41) is 18.8. The minimum Gasteiger partial charge on any atom is -0.508 e. The maximum atomic E-state index is 10.0. The molecule has 78 valence electrons. The lowest BCUT2D eigenvalue weighted by Crippen LogP contribution is -1.85. The summed E-state index contributed by atoms with van der Waals surface area (Å²) in [6.45, 7) is 0. The van der Waals surface area contributed by atoms with E-state index in [1.165, 1.54) is 24.3 Å². The number of H-pyrrole nitrogens is 1. The predicted octanol–water partition coefficient (Wildman–Crippen LogP) is 2.32. The van der Waals surface area contributed by atoms with Crippen LogP contribution in [0.2, 0.25) is 0 Å². The Kier molecular flexibility index (Phi) is 3.91. The van der Waals surface area contributed by atoms with Crippen LogP contribution in [0.15, 0.2) is 48.8 Å². The number of benzene rings is 1. The van der Waals surface area contributed by atoms with Crippen molar-refractivity contribution in [3.8, 4) is 5.75 Å². The first kappa shape index (κ1) is 10.8. The fourth-order valence-electron chi connectivity index (χ4n) is 0.852. The highest BCUT2D eigenvalue weighted by Gasteiger charge is 2.01. The molecule has 0 fully saturated rings. The molecule has 0 aliphatic heterocycles. The van der Waals surface area contributed by atoms with E-state index in [-0.39, 0.29) is 11.4 Å². The van der Waals surface area contributed by atoms with E-state index >= 15 is 0 Å². The van der Waals surface area contributed by atoms with E-state index in [1.54, 1.807) is 0 Å². The Labute approximate surface area is 86.2 Å². The molecule has 1 aromatic carbocycles. The Balaban J connectivity index is 0.000000187. The molecule has 0 saturated carbocycles. The molecule has 0 bridgehead atoms. The zero-order valence-electron chi connectivity index (χ0n) is 7.83. The fourth-order valence-corrected chi connectivity index (χ4v) is 0.852. The Hall–Kier alpha value is -2.30. The van der Waals surface area contributed by atoms with Gasteiger partial charge in [-0.2, -0.15) is 0 Å². The maximum absolute atomic E-state index is 10.0. The lowest BCUT2D eigenvalue weighted by molar-refractivity contribution is -0.384. The number of nitrogens with one attached hydrogen (secondary N) is 1. The van der Waals surface area contributed by atoms with E-state index in [0.29, 0.717) is 0 Å². The second-order valence-corrected chi connectivity index (χ2v) is 2.66. The predicted molar refractivity (Wildman–Crippen MR) is 55.6 cm³/mol. The van der Waals surface area contributed by atoms with Crippen molar-refractivity contribution >= 4 is 5.69 Å². The van der Waals surface area contributed by atoms with Crippen LogP contribution in [0, 0.1) is 10.1 Å². The van der Waals surface area contributed by atoms with Crippen LogP contribution in [-0.4, -0.2) is 15.0 Å². The number of nitrogens with zero attached hydrogens (tertiary/aromatic N) is 1. The minimum absolute atomic E-state index is 0.0159. The summed E-state index contributed by atoms with van der Waals surface area (Å²) in [6.07, 6.45) is 3.75. The Morgan fingerprint density at radius 1 is 1.13 bits per heavy atom. The number of phenolic OH excluding ortho intramolecular Hbond substituents is 1. The molecule has 2 rings (SSSR count). The number of rotatable bonds is 1. The second-order valence-electron chi connectivity index (χ2n) is 2.66. The molecular formula is C10H10N2O3. The summed E-state index contributed by atoms with van der Waals surface area (Å²) in [5.74, 6) is 0.0330. The van der Waals surface area contributed by atoms with Gasteiger partial charge in [0.1, 0.15) is 5.75 Å². The standard InChI is InChI=1S/C6H5NO3.C4H5N/c8-6-3-1-5(2-4-6)7(9)10;1-2-4-5-3-1/h1-4,8H;1-5H. The van der Waals surface area contributed by atoms with Gasteiger partial charge in [0.15, 0.2) is 0 Å². The van der Waals surface area contributed by atoms with Crippen LogP contribution in [0.3, 0.4) is 0 Å². The van der Waals surface area contributed by atoms with Crippen molar-refractivity contribution in [1.82, 2.24) is 4.98 Å². The van der Waals surface area contributed by atoms with Gasteiger partial charge in [-0.15, -0.1) is 0 Å². The van der Waals surface area contributed by atoms with E-state index in [1.807, 2.05) is 24.5 Å². The molecule has 1 aromatic heterocycles. The third-order valence-electron chi connectivity index (χ3n) is 1.56. The lowest BCUT2D eigenvalue weighted by Gasteiger charge is -1.89. The van der Waals surface area contributed by atoms with Gasteiger partial charge >= 0.3 is 0 Å². The van der Waals surface area contributed by atoms with Crippen LogP contribution in [0.25, 0.3) is 0 Å². The van der Waals surface area contributed by atoms with Gasteiger partial charge in [-0.05, 0) is 24.3 Å². The third kappa shape index (κ3) is 3.95. The molecule has 1 heterocycles. The van der Waals surface area contributed by atoms with Gasteiger partial charge in [-0.3, -0.25) is 10.1 Å². The molecule has 0 radical (unpaired) electrons. The topological polar surface area (TPSA) is 79.2 Å². The largest absolute Gasteiger partial charge is 0.508 e. The number of nitro benzene ring substituents is 1. The zero-order chi connectivity index (χ0) is 11.1. The van der Waals surface area contributed by atoms with Crippen molar-refractivity contribution in [2.75, 3.05) is 0 Å². The summed E-state index contributed by atoms with van der Waals surface area (Å²) < 4.78 is 0. The van der Waals surface area contributed by atoms with Gasteiger partial charge < -0.3 is 10.1 Å².